The summed E-state index contributed by atoms with van der Waals surface area (Å²) in [6.45, 7) is 12.0. The van der Waals surface area contributed by atoms with E-state index in [-0.39, 0.29) is 0 Å². The van der Waals surface area contributed by atoms with Gasteiger partial charge in [0.15, 0.2) is 0 Å². The maximum absolute atomic E-state index is 5.79. The van der Waals surface area contributed by atoms with E-state index in [9.17, 15) is 0 Å². The van der Waals surface area contributed by atoms with Crippen molar-refractivity contribution in [2.75, 3.05) is 6.61 Å². The molecule has 0 aromatic rings. The van der Waals surface area contributed by atoms with Crippen LogP contribution in [0.2, 0.25) is 5.04 Å². The molecule has 0 aromatic heterocycles. The number of allylic oxidation sites excluding steroid dienone is 1. The Kier molecular flexibility index (Phi) is 13.5. The van der Waals surface area contributed by atoms with Crippen molar-refractivity contribution in [3.8, 4) is 0 Å². The van der Waals surface area contributed by atoms with Gasteiger partial charge in [-0.3, -0.25) is 0 Å². The quantitative estimate of drug-likeness (QED) is 0.197. The summed E-state index contributed by atoms with van der Waals surface area (Å²) in [5.74, 6) is 0. The Morgan fingerprint density at radius 2 is 1.43 bits per heavy atom. The van der Waals surface area contributed by atoms with Crippen LogP contribution in [0.15, 0.2) is 11.6 Å². The SMILES string of the molecule is CCCCCCCCCCCC(C)(C)[Si]OCC=C(C)C. The van der Waals surface area contributed by atoms with Gasteiger partial charge < -0.3 is 4.43 Å². The van der Waals surface area contributed by atoms with Gasteiger partial charge in [0.25, 0.3) is 0 Å². The predicted molar refractivity (Wildman–Crippen MR) is 97.0 cm³/mol. The normalized spacial score (nSPS) is 11.7. The molecular weight excluding hydrogens is 272 g/mol. The maximum atomic E-state index is 5.79. The summed E-state index contributed by atoms with van der Waals surface area (Å²) in [4.78, 5) is 0. The fraction of sp³-hybridized carbons (Fsp3) is 0.895. The summed E-state index contributed by atoms with van der Waals surface area (Å²) in [6, 6.07) is 0. The third kappa shape index (κ3) is 16.1. The highest BCUT2D eigenvalue weighted by Crippen LogP contribution is 2.30. The topological polar surface area (TPSA) is 9.23 Å². The second kappa shape index (κ2) is 13.6. The van der Waals surface area contributed by atoms with Crippen LogP contribution in [-0.4, -0.2) is 16.4 Å². The average molecular weight is 311 g/mol. The lowest BCUT2D eigenvalue weighted by molar-refractivity contribution is 0.352. The highest BCUT2D eigenvalue weighted by molar-refractivity contribution is 6.31. The Bertz CT molecular complexity index is 254. The molecule has 21 heavy (non-hydrogen) atoms. The standard InChI is InChI=1S/C19H38OSi/c1-6-7-8-9-10-11-12-13-14-16-19(4,5)21-20-17-15-18(2)3/h15H,6-14,16-17H2,1-5H3. The summed E-state index contributed by atoms with van der Waals surface area (Å²) >= 11 is 0. The van der Waals surface area contributed by atoms with E-state index in [0.717, 1.165) is 6.61 Å². The third-order valence-corrected chi connectivity index (χ3v) is 4.94. The highest BCUT2D eigenvalue weighted by atomic mass is 28.2. The molecule has 2 radical (unpaired) electrons. The molecule has 0 heterocycles. The lowest BCUT2D eigenvalue weighted by atomic mass is 10.0. The van der Waals surface area contributed by atoms with Gasteiger partial charge in [0.1, 0.15) is 0 Å². The van der Waals surface area contributed by atoms with Gasteiger partial charge in [-0.2, -0.15) is 0 Å². The molecule has 124 valence electrons. The van der Waals surface area contributed by atoms with Crippen molar-refractivity contribution >= 4 is 9.76 Å². The molecular formula is C19H38OSi. The minimum atomic E-state index is 0.358. The van der Waals surface area contributed by atoms with Gasteiger partial charge in [-0.1, -0.05) is 90.2 Å². The molecule has 0 aromatic carbocycles. The van der Waals surface area contributed by atoms with Crippen LogP contribution < -0.4 is 0 Å². The van der Waals surface area contributed by atoms with E-state index in [4.69, 9.17) is 4.43 Å². The van der Waals surface area contributed by atoms with E-state index >= 15 is 0 Å². The summed E-state index contributed by atoms with van der Waals surface area (Å²) in [5.41, 5.74) is 1.34. The number of hydrogen-bond donors (Lipinski definition) is 0. The van der Waals surface area contributed by atoms with E-state index in [1.54, 1.807) is 0 Å². The molecule has 0 aliphatic carbocycles. The van der Waals surface area contributed by atoms with Gasteiger partial charge in [0, 0.05) is 0 Å². The number of unbranched alkanes of at least 4 members (excludes halogenated alkanes) is 8. The van der Waals surface area contributed by atoms with Crippen molar-refractivity contribution in [1.82, 2.24) is 0 Å². The van der Waals surface area contributed by atoms with Crippen LogP contribution in [0.3, 0.4) is 0 Å². The first kappa shape index (κ1) is 20.9. The molecule has 0 saturated carbocycles. The molecule has 0 atom stereocenters. The van der Waals surface area contributed by atoms with Crippen molar-refractivity contribution in [1.29, 1.82) is 0 Å². The Balaban J connectivity index is 3.42. The first-order valence-corrected chi connectivity index (χ1v) is 9.91. The van der Waals surface area contributed by atoms with E-state index < -0.39 is 0 Å². The lowest BCUT2D eigenvalue weighted by Crippen LogP contribution is -2.16. The molecule has 0 fully saturated rings. The first-order valence-electron chi connectivity index (χ1n) is 9.00. The molecule has 0 saturated heterocycles. The molecule has 0 aliphatic heterocycles. The molecule has 0 aliphatic rings. The fourth-order valence-corrected chi connectivity index (χ4v) is 3.21. The van der Waals surface area contributed by atoms with Gasteiger partial charge in [-0.15, -0.1) is 0 Å². The van der Waals surface area contributed by atoms with E-state index in [1.807, 2.05) is 0 Å². The number of hydrogen-bond acceptors (Lipinski definition) is 1. The average Bonchev–Trinajstić information content (AvgIpc) is 2.42. The zero-order valence-corrected chi connectivity index (χ0v) is 16.3. The van der Waals surface area contributed by atoms with Crippen LogP contribution in [0.1, 0.15) is 98.8 Å². The Morgan fingerprint density at radius 1 is 0.905 bits per heavy atom. The van der Waals surface area contributed by atoms with Crippen molar-refractivity contribution in [2.24, 2.45) is 0 Å². The van der Waals surface area contributed by atoms with Crippen LogP contribution in [0.4, 0.5) is 0 Å². The van der Waals surface area contributed by atoms with E-state index in [2.05, 4.69) is 40.7 Å². The summed E-state index contributed by atoms with van der Waals surface area (Å²) in [6.07, 6.45) is 16.2. The smallest absolute Gasteiger partial charge is 0.236 e. The molecule has 0 unspecified atom stereocenters. The monoisotopic (exact) mass is 310 g/mol. The second-order valence-corrected chi connectivity index (χ2v) is 9.00. The molecule has 1 nitrogen and oxygen atoms in total. The highest BCUT2D eigenvalue weighted by Gasteiger charge is 2.19. The van der Waals surface area contributed by atoms with Gasteiger partial charge in [0.05, 0.1) is 6.61 Å². The molecule has 0 N–H and O–H groups in total. The van der Waals surface area contributed by atoms with Gasteiger partial charge in [0.2, 0.25) is 9.76 Å². The summed E-state index contributed by atoms with van der Waals surface area (Å²) < 4.78 is 5.79. The first-order chi connectivity index (χ1) is 9.98. The zero-order valence-electron chi connectivity index (χ0n) is 15.3. The van der Waals surface area contributed by atoms with Crippen LogP contribution >= 0.6 is 0 Å². The van der Waals surface area contributed by atoms with Crippen molar-refractivity contribution in [2.45, 2.75) is 104 Å². The molecule has 0 bridgehead atoms. The molecule has 0 amide bonds. The summed E-state index contributed by atoms with van der Waals surface area (Å²) in [5, 5.41) is 0.358. The van der Waals surface area contributed by atoms with Crippen LogP contribution in [-0.2, 0) is 4.43 Å². The second-order valence-electron chi connectivity index (χ2n) is 7.16. The Labute approximate surface area is 136 Å². The Hall–Kier alpha value is -0.0831. The van der Waals surface area contributed by atoms with Crippen LogP contribution in [0, 0.1) is 0 Å². The van der Waals surface area contributed by atoms with Gasteiger partial charge >= 0.3 is 0 Å². The maximum Gasteiger partial charge on any atom is 0.236 e. The molecule has 2 heteroatoms. The van der Waals surface area contributed by atoms with E-state index in [1.165, 1.54) is 69.8 Å². The zero-order chi connectivity index (χ0) is 16.0. The third-order valence-electron chi connectivity index (χ3n) is 3.83. The van der Waals surface area contributed by atoms with Crippen LogP contribution in [0.25, 0.3) is 0 Å². The molecule has 0 rings (SSSR count). The van der Waals surface area contributed by atoms with Crippen LogP contribution in [0.5, 0.6) is 0 Å². The Morgan fingerprint density at radius 3 is 1.95 bits per heavy atom. The number of rotatable bonds is 14. The van der Waals surface area contributed by atoms with Crippen molar-refractivity contribution in [3.05, 3.63) is 11.6 Å². The lowest BCUT2D eigenvalue weighted by Gasteiger charge is -2.22. The van der Waals surface area contributed by atoms with E-state index in [0.29, 0.717) is 14.8 Å². The van der Waals surface area contributed by atoms with Crippen molar-refractivity contribution < 1.29 is 4.43 Å². The van der Waals surface area contributed by atoms with Gasteiger partial charge in [-0.25, -0.2) is 0 Å². The fourth-order valence-electron chi connectivity index (χ4n) is 2.37. The minimum Gasteiger partial charge on any atom is -0.413 e. The van der Waals surface area contributed by atoms with Crippen molar-refractivity contribution in [3.63, 3.8) is 0 Å². The van der Waals surface area contributed by atoms with Gasteiger partial charge in [-0.05, 0) is 25.3 Å². The predicted octanol–water partition coefficient (Wildman–Crippen LogP) is 6.71. The largest absolute Gasteiger partial charge is 0.413 e. The minimum absolute atomic E-state index is 0.358. The molecule has 0 spiro atoms. The summed E-state index contributed by atoms with van der Waals surface area (Å²) in [7, 11) is 0.626.